The zero-order chi connectivity index (χ0) is 34.5. The first kappa shape index (κ1) is 33.3. The SMILES string of the molecule is C[C@H](CO)N1C[C@H](C)[C@H](CN(C)C(=O)Nc2cccc3ccccc23)Oc2ccc(NC(=O)Nc3cccc4ccccc34)cc2CC1=O. The number of likely N-dealkylation sites (N-methyl/N-ethyl adjacent to an activating group) is 1. The molecule has 0 bridgehead atoms. The van der Waals surface area contributed by atoms with Gasteiger partial charge in [0.25, 0.3) is 0 Å². The van der Waals surface area contributed by atoms with Gasteiger partial charge in [-0.05, 0) is 48.0 Å². The molecule has 5 aromatic rings. The van der Waals surface area contributed by atoms with Crippen molar-refractivity contribution in [2.45, 2.75) is 32.4 Å². The fourth-order valence-electron chi connectivity index (χ4n) is 6.24. The topological polar surface area (TPSA) is 123 Å². The molecule has 0 saturated heterocycles. The molecule has 3 atom stereocenters. The molecular formula is C39H41N5O5. The Morgan fingerprint density at radius 3 is 2.14 bits per heavy atom. The first-order valence-corrected chi connectivity index (χ1v) is 16.5. The van der Waals surface area contributed by atoms with Gasteiger partial charge < -0.3 is 35.6 Å². The zero-order valence-electron chi connectivity index (χ0n) is 27.9. The number of ether oxygens (including phenoxy) is 1. The quantitative estimate of drug-likeness (QED) is 0.151. The van der Waals surface area contributed by atoms with Crippen molar-refractivity contribution in [3.63, 3.8) is 0 Å². The van der Waals surface area contributed by atoms with Crippen LogP contribution >= 0.6 is 0 Å². The van der Waals surface area contributed by atoms with Crippen molar-refractivity contribution in [3.8, 4) is 5.75 Å². The van der Waals surface area contributed by atoms with Crippen LogP contribution in [0.1, 0.15) is 19.4 Å². The Bertz CT molecular complexity index is 1990. The maximum Gasteiger partial charge on any atom is 0.323 e. The van der Waals surface area contributed by atoms with E-state index in [9.17, 15) is 19.5 Å². The van der Waals surface area contributed by atoms with Gasteiger partial charge in [-0.15, -0.1) is 0 Å². The largest absolute Gasteiger partial charge is 0.488 e. The summed E-state index contributed by atoms with van der Waals surface area (Å²) in [6.45, 7) is 4.15. The molecule has 4 N–H and O–H groups in total. The molecule has 1 heterocycles. The molecule has 252 valence electrons. The second kappa shape index (κ2) is 14.7. The van der Waals surface area contributed by atoms with Gasteiger partial charge in [-0.1, -0.05) is 79.7 Å². The van der Waals surface area contributed by atoms with Gasteiger partial charge in [0.2, 0.25) is 5.91 Å². The number of hydrogen-bond donors (Lipinski definition) is 4. The summed E-state index contributed by atoms with van der Waals surface area (Å²) in [7, 11) is 1.71. The summed E-state index contributed by atoms with van der Waals surface area (Å²) < 4.78 is 6.59. The molecule has 1 aliphatic heterocycles. The highest BCUT2D eigenvalue weighted by atomic mass is 16.5. The number of fused-ring (bicyclic) bond motifs is 3. The van der Waals surface area contributed by atoms with E-state index in [0.717, 1.165) is 21.5 Å². The van der Waals surface area contributed by atoms with Crippen LogP contribution in [-0.4, -0.2) is 71.8 Å². The zero-order valence-corrected chi connectivity index (χ0v) is 27.9. The standard InChI is InChI=1S/C39H41N5O5/c1-25-22-44(26(2)24-45)37(46)21-29-20-30(40-38(47)41-33-16-8-12-27-10-4-6-14-31(27)33)18-19-35(29)49-36(25)23-43(3)39(48)42-34-17-9-13-28-11-5-7-15-32(28)34/h4-20,25-26,36,45H,21-24H2,1-3H3,(H,42,48)(H2,40,41,47)/t25-,26+,36-/m0/s1. The summed E-state index contributed by atoms with van der Waals surface area (Å²) >= 11 is 0. The fourth-order valence-corrected chi connectivity index (χ4v) is 6.24. The van der Waals surface area contributed by atoms with Crippen molar-refractivity contribution >= 4 is 56.6 Å². The van der Waals surface area contributed by atoms with E-state index in [0.29, 0.717) is 34.9 Å². The number of benzene rings is 5. The van der Waals surface area contributed by atoms with Crippen LogP contribution in [-0.2, 0) is 11.2 Å². The lowest BCUT2D eigenvalue weighted by atomic mass is 10.0. The van der Waals surface area contributed by atoms with Gasteiger partial charge in [0, 0.05) is 41.5 Å². The first-order chi connectivity index (χ1) is 23.7. The molecule has 5 amide bonds. The van der Waals surface area contributed by atoms with Crippen LogP contribution in [0.3, 0.4) is 0 Å². The number of urea groups is 2. The van der Waals surface area contributed by atoms with Crippen LogP contribution in [0.4, 0.5) is 26.7 Å². The average molecular weight is 660 g/mol. The van der Waals surface area contributed by atoms with Crippen molar-refractivity contribution < 1.29 is 24.2 Å². The lowest BCUT2D eigenvalue weighted by Crippen LogP contribution is -2.48. The van der Waals surface area contributed by atoms with E-state index < -0.39 is 18.2 Å². The summed E-state index contributed by atoms with van der Waals surface area (Å²) in [5, 5.41) is 22.7. The molecule has 6 rings (SSSR count). The van der Waals surface area contributed by atoms with Crippen molar-refractivity contribution in [1.29, 1.82) is 0 Å². The molecule has 0 spiro atoms. The van der Waals surface area contributed by atoms with E-state index in [1.54, 1.807) is 42.0 Å². The summed E-state index contributed by atoms with van der Waals surface area (Å²) in [6.07, 6.45) is -0.480. The summed E-state index contributed by atoms with van der Waals surface area (Å²) in [5.74, 6) is 0.130. The van der Waals surface area contributed by atoms with E-state index in [1.165, 1.54) is 0 Å². The third-order valence-corrected chi connectivity index (χ3v) is 9.04. The first-order valence-electron chi connectivity index (χ1n) is 16.5. The molecule has 0 aromatic heterocycles. The molecule has 5 aromatic carbocycles. The van der Waals surface area contributed by atoms with Crippen molar-refractivity contribution in [2.24, 2.45) is 5.92 Å². The number of nitrogens with one attached hydrogen (secondary N) is 3. The minimum atomic E-state index is -0.491. The summed E-state index contributed by atoms with van der Waals surface area (Å²) in [5.41, 5.74) is 2.47. The molecule has 0 fully saturated rings. The summed E-state index contributed by atoms with van der Waals surface area (Å²) in [6, 6.07) is 31.2. The molecule has 0 saturated carbocycles. The fraction of sp³-hybridized carbons (Fsp3) is 0.256. The van der Waals surface area contributed by atoms with Gasteiger partial charge in [-0.3, -0.25) is 4.79 Å². The smallest absolute Gasteiger partial charge is 0.323 e. The average Bonchev–Trinajstić information content (AvgIpc) is 3.15. The normalized spacial score (nSPS) is 16.8. The molecule has 10 heteroatoms. The number of nitrogens with zero attached hydrogens (tertiary/aromatic N) is 2. The maximum absolute atomic E-state index is 13.7. The number of hydrogen-bond acceptors (Lipinski definition) is 5. The van der Waals surface area contributed by atoms with E-state index in [-0.39, 0.29) is 37.4 Å². The minimum Gasteiger partial charge on any atom is -0.488 e. The van der Waals surface area contributed by atoms with Crippen molar-refractivity contribution in [3.05, 3.63) is 109 Å². The van der Waals surface area contributed by atoms with Crippen LogP contribution in [0.15, 0.2) is 103 Å². The molecule has 0 unspecified atom stereocenters. The highest BCUT2D eigenvalue weighted by Crippen LogP contribution is 2.30. The maximum atomic E-state index is 13.7. The molecular weight excluding hydrogens is 618 g/mol. The van der Waals surface area contributed by atoms with Crippen molar-refractivity contribution in [1.82, 2.24) is 9.80 Å². The van der Waals surface area contributed by atoms with Gasteiger partial charge in [0.1, 0.15) is 11.9 Å². The number of carbonyl (C=O) groups is 3. The third-order valence-electron chi connectivity index (χ3n) is 9.04. The van der Waals surface area contributed by atoms with Gasteiger partial charge in [0.15, 0.2) is 0 Å². The lowest BCUT2D eigenvalue weighted by Gasteiger charge is -2.34. The van der Waals surface area contributed by atoms with E-state index in [1.807, 2.05) is 91.9 Å². The van der Waals surface area contributed by atoms with Gasteiger partial charge in [-0.25, -0.2) is 9.59 Å². The molecule has 1 aliphatic rings. The molecule has 0 radical (unpaired) electrons. The lowest BCUT2D eigenvalue weighted by molar-refractivity contribution is -0.134. The number of carbonyl (C=O) groups excluding carboxylic acids is 3. The van der Waals surface area contributed by atoms with Gasteiger partial charge in [0.05, 0.1) is 37.0 Å². The van der Waals surface area contributed by atoms with Gasteiger partial charge >= 0.3 is 12.1 Å². The second-order valence-electron chi connectivity index (χ2n) is 12.7. The third kappa shape index (κ3) is 7.60. The number of amides is 5. The van der Waals surface area contributed by atoms with E-state index in [4.69, 9.17) is 4.74 Å². The molecule has 49 heavy (non-hydrogen) atoms. The van der Waals surface area contributed by atoms with Crippen LogP contribution in [0.25, 0.3) is 21.5 Å². The van der Waals surface area contributed by atoms with Crippen LogP contribution in [0, 0.1) is 5.92 Å². The number of rotatable bonds is 7. The van der Waals surface area contributed by atoms with Crippen LogP contribution in [0.2, 0.25) is 0 Å². The Labute approximate surface area is 285 Å². The Kier molecular flexibility index (Phi) is 9.96. The predicted octanol–water partition coefficient (Wildman–Crippen LogP) is 6.95. The number of aliphatic hydroxyl groups excluding tert-OH is 1. The Hall–Kier alpha value is -5.61. The number of aliphatic hydroxyl groups is 1. The van der Waals surface area contributed by atoms with Crippen LogP contribution < -0.4 is 20.7 Å². The van der Waals surface area contributed by atoms with Crippen molar-refractivity contribution in [2.75, 3.05) is 42.7 Å². The minimum absolute atomic E-state index is 0.0109. The van der Waals surface area contributed by atoms with E-state index in [2.05, 4.69) is 16.0 Å². The Balaban J connectivity index is 1.22. The van der Waals surface area contributed by atoms with E-state index >= 15 is 0 Å². The monoisotopic (exact) mass is 659 g/mol. The second-order valence-corrected chi connectivity index (χ2v) is 12.7. The Morgan fingerprint density at radius 2 is 1.49 bits per heavy atom. The Morgan fingerprint density at radius 1 is 0.878 bits per heavy atom. The molecule has 10 nitrogen and oxygen atoms in total. The summed E-state index contributed by atoms with van der Waals surface area (Å²) in [4.78, 5) is 43.4. The number of anilines is 3. The van der Waals surface area contributed by atoms with Gasteiger partial charge in [-0.2, -0.15) is 0 Å². The highest BCUT2D eigenvalue weighted by molar-refractivity contribution is 6.06. The molecule has 0 aliphatic carbocycles. The highest BCUT2D eigenvalue weighted by Gasteiger charge is 2.32. The predicted molar refractivity (Wildman–Crippen MR) is 194 cm³/mol. The van der Waals surface area contributed by atoms with Crippen LogP contribution in [0.5, 0.6) is 5.75 Å².